The summed E-state index contributed by atoms with van der Waals surface area (Å²) in [5.41, 5.74) is 3.19. The van der Waals surface area contributed by atoms with Crippen LogP contribution in [-0.4, -0.2) is 36.5 Å². The number of para-hydroxylation sites is 1. The van der Waals surface area contributed by atoms with Crippen LogP contribution in [-0.2, 0) is 12.8 Å². The van der Waals surface area contributed by atoms with Gasteiger partial charge in [-0.25, -0.2) is 9.97 Å². The Morgan fingerprint density at radius 1 is 0.971 bits per heavy atom. The second kappa shape index (κ2) is 9.72. The molecule has 0 spiro atoms. The third-order valence-electron chi connectivity index (χ3n) is 5.69. The largest absolute Gasteiger partial charge is 0.484 e. The van der Waals surface area contributed by atoms with E-state index in [1.54, 1.807) is 36.8 Å². The Balaban J connectivity index is 1.32. The minimum Gasteiger partial charge on any atom is -0.484 e. The number of rotatable bonds is 9. The summed E-state index contributed by atoms with van der Waals surface area (Å²) in [7, 11) is 0. The van der Waals surface area contributed by atoms with Gasteiger partial charge in [0.15, 0.2) is 11.6 Å². The van der Waals surface area contributed by atoms with Crippen molar-refractivity contribution in [1.29, 1.82) is 0 Å². The number of ketones is 2. The molecule has 8 nitrogen and oxygen atoms in total. The van der Waals surface area contributed by atoms with Crippen molar-refractivity contribution in [3.63, 3.8) is 0 Å². The summed E-state index contributed by atoms with van der Waals surface area (Å²) in [6, 6.07) is 16.9. The molecule has 0 bridgehead atoms. The predicted octanol–water partition coefficient (Wildman–Crippen LogP) is 4.67. The number of carbonyl (C=O) groups excluding carboxylic acids is 2. The highest BCUT2D eigenvalue weighted by Gasteiger charge is 2.18. The van der Waals surface area contributed by atoms with Gasteiger partial charge in [-0.15, -0.1) is 0 Å². The van der Waals surface area contributed by atoms with E-state index in [-0.39, 0.29) is 30.5 Å². The summed E-state index contributed by atoms with van der Waals surface area (Å²) in [5, 5.41) is 0. The number of hydrogen-bond donors (Lipinski definition) is 2. The SMILES string of the molecule is C[C@H](Oc1cncc(C(=O)Cc2nc3c(C(=O)Cc4ncc[nH]4)cccc3[nH]2)c1)c1ccccc1. The molecule has 3 aromatic heterocycles. The predicted molar refractivity (Wildman–Crippen MR) is 130 cm³/mol. The van der Waals surface area contributed by atoms with Crippen molar-refractivity contribution in [2.24, 2.45) is 0 Å². The number of aromatic amines is 2. The van der Waals surface area contributed by atoms with Gasteiger partial charge in [-0.1, -0.05) is 36.4 Å². The molecule has 5 aromatic rings. The van der Waals surface area contributed by atoms with Gasteiger partial charge in [0.25, 0.3) is 0 Å². The van der Waals surface area contributed by atoms with E-state index in [0.717, 1.165) is 5.56 Å². The zero-order valence-electron chi connectivity index (χ0n) is 19.1. The molecule has 0 saturated carbocycles. The van der Waals surface area contributed by atoms with Gasteiger partial charge < -0.3 is 14.7 Å². The number of nitrogens with one attached hydrogen (secondary N) is 2. The van der Waals surface area contributed by atoms with Crippen molar-refractivity contribution in [2.75, 3.05) is 0 Å². The zero-order chi connectivity index (χ0) is 24.2. The average Bonchev–Trinajstić information content (AvgIpc) is 3.54. The number of Topliss-reactive ketones (excluding diaryl/α,β-unsaturated/α-hetero) is 2. The van der Waals surface area contributed by atoms with E-state index < -0.39 is 0 Å². The number of benzene rings is 2. The van der Waals surface area contributed by atoms with Crippen molar-refractivity contribution in [1.82, 2.24) is 24.9 Å². The second-order valence-electron chi connectivity index (χ2n) is 8.20. The number of aromatic nitrogens is 5. The molecule has 0 saturated heterocycles. The lowest BCUT2D eigenvalue weighted by Crippen LogP contribution is -2.08. The van der Waals surface area contributed by atoms with Crippen LogP contribution in [0, 0.1) is 0 Å². The highest BCUT2D eigenvalue weighted by molar-refractivity contribution is 6.07. The Bertz CT molecular complexity index is 1480. The van der Waals surface area contributed by atoms with Crippen LogP contribution in [0.25, 0.3) is 11.0 Å². The van der Waals surface area contributed by atoms with Gasteiger partial charge in [0.2, 0.25) is 0 Å². The van der Waals surface area contributed by atoms with Gasteiger partial charge in [0, 0.05) is 29.7 Å². The van der Waals surface area contributed by atoms with E-state index in [1.165, 1.54) is 6.20 Å². The first-order chi connectivity index (χ1) is 17.1. The maximum Gasteiger partial charge on any atom is 0.172 e. The molecule has 0 aliphatic rings. The number of H-pyrrole nitrogens is 2. The van der Waals surface area contributed by atoms with Crippen molar-refractivity contribution in [3.05, 3.63) is 108 Å². The summed E-state index contributed by atoms with van der Waals surface area (Å²) in [6.07, 6.45) is 6.40. The maximum atomic E-state index is 13.0. The van der Waals surface area contributed by atoms with Crippen LogP contribution in [0.1, 0.15) is 51.0 Å². The molecule has 0 unspecified atom stereocenters. The van der Waals surface area contributed by atoms with Crippen LogP contribution in [0.4, 0.5) is 0 Å². The monoisotopic (exact) mass is 465 g/mol. The van der Waals surface area contributed by atoms with Crippen molar-refractivity contribution in [2.45, 2.75) is 25.9 Å². The third-order valence-corrected chi connectivity index (χ3v) is 5.69. The number of fused-ring (bicyclic) bond motifs is 1. The Kier molecular flexibility index (Phi) is 6.17. The fourth-order valence-electron chi connectivity index (χ4n) is 3.92. The van der Waals surface area contributed by atoms with E-state index in [4.69, 9.17) is 4.74 Å². The zero-order valence-corrected chi connectivity index (χ0v) is 19.1. The van der Waals surface area contributed by atoms with E-state index >= 15 is 0 Å². The molecule has 2 N–H and O–H groups in total. The molecule has 174 valence electrons. The third kappa shape index (κ3) is 5.01. The number of nitrogens with zero attached hydrogens (tertiary/aromatic N) is 3. The molecular weight excluding hydrogens is 442 g/mol. The Morgan fingerprint density at radius 3 is 2.60 bits per heavy atom. The normalized spacial score (nSPS) is 11.9. The average molecular weight is 466 g/mol. The molecule has 5 rings (SSSR count). The molecule has 0 amide bonds. The topological polar surface area (TPSA) is 114 Å². The molecular formula is C27H23N5O3. The van der Waals surface area contributed by atoms with Gasteiger partial charge in [0.05, 0.1) is 30.1 Å². The van der Waals surface area contributed by atoms with Gasteiger partial charge in [0.1, 0.15) is 23.5 Å². The molecule has 2 aromatic carbocycles. The molecule has 8 heteroatoms. The minimum absolute atomic E-state index is 0.0415. The first kappa shape index (κ1) is 22.2. The van der Waals surface area contributed by atoms with E-state index in [2.05, 4.69) is 24.9 Å². The summed E-state index contributed by atoms with van der Waals surface area (Å²) < 4.78 is 5.99. The summed E-state index contributed by atoms with van der Waals surface area (Å²) in [5.74, 6) is 1.33. The lowest BCUT2D eigenvalue weighted by molar-refractivity contribution is 0.0983. The van der Waals surface area contributed by atoms with Crippen molar-refractivity contribution < 1.29 is 14.3 Å². The minimum atomic E-state index is -0.184. The number of pyridine rings is 1. The van der Waals surface area contributed by atoms with Crippen LogP contribution < -0.4 is 4.74 Å². The first-order valence-corrected chi connectivity index (χ1v) is 11.3. The highest BCUT2D eigenvalue weighted by Crippen LogP contribution is 2.23. The van der Waals surface area contributed by atoms with Crippen LogP contribution in [0.3, 0.4) is 0 Å². The quantitative estimate of drug-likeness (QED) is 0.306. The van der Waals surface area contributed by atoms with Crippen molar-refractivity contribution >= 4 is 22.6 Å². The molecule has 0 aliphatic carbocycles. The van der Waals surface area contributed by atoms with E-state index in [1.807, 2.05) is 43.3 Å². The second-order valence-corrected chi connectivity index (χ2v) is 8.20. The van der Waals surface area contributed by atoms with Gasteiger partial charge in [-0.05, 0) is 30.7 Å². The van der Waals surface area contributed by atoms with Gasteiger partial charge in [-0.2, -0.15) is 0 Å². The molecule has 0 aliphatic heterocycles. The summed E-state index contributed by atoms with van der Waals surface area (Å²) in [4.78, 5) is 44.8. The first-order valence-electron chi connectivity index (χ1n) is 11.3. The molecule has 0 fully saturated rings. The fraction of sp³-hybridized carbons (Fsp3) is 0.148. The lowest BCUT2D eigenvalue weighted by Gasteiger charge is -2.15. The van der Waals surface area contributed by atoms with Crippen LogP contribution in [0.15, 0.2) is 79.4 Å². The molecule has 0 radical (unpaired) electrons. The Morgan fingerprint density at radius 2 is 1.80 bits per heavy atom. The molecule has 3 heterocycles. The van der Waals surface area contributed by atoms with E-state index in [0.29, 0.717) is 39.6 Å². The van der Waals surface area contributed by atoms with Crippen molar-refractivity contribution in [3.8, 4) is 5.75 Å². The Labute approximate surface area is 201 Å². The summed E-state index contributed by atoms with van der Waals surface area (Å²) >= 11 is 0. The molecule has 1 atom stereocenters. The smallest absolute Gasteiger partial charge is 0.172 e. The lowest BCUT2D eigenvalue weighted by atomic mass is 10.1. The maximum absolute atomic E-state index is 13.0. The van der Waals surface area contributed by atoms with Gasteiger partial charge in [-0.3, -0.25) is 14.6 Å². The fourth-order valence-corrected chi connectivity index (χ4v) is 3.92. The number of imidazole rings is 2. The van der Waals surface area contributed by atoms with Crippen LogP contribution in [0.2, 0.25) is 0 Å². The van der Waals surface area contributed by atoms with Gasteiger partial charge >= 0.3 is 0 Å². The number of ether oxygens (including phenoxy) is 1. The standard InChI is InChI=1S/C27H23N5O3/c1-17(18-6-3-2-4-7-18)35-20-12-19(15-28-16-20)23(33)13-26-31-22-9-5-8-21(27(22)32-26)24(34)14-25-29-10-11-30-25/h2-12,15-17H,13-14H2,1H3,(H,29,30)(H,31,32)/t17-/m0/s1. The number of hydrogen-bond acceptors (Lipinski definition) is 6. The highest BCUT2D eigenvalue weighted by atomic mass is 16.5. The van der Waals surface area contributed by atoms with Crippen LogP contribution >= 0.6 is 0 Å². The number of carbonyl (C=O) groups is 2. The van der Waals surface area contributed by atoms with E-state index in [9.17, 15) is 9.59 Å². The Hall–Kier alpha value is -4.59. The van der Waals surface area contributed by atoms with Crippen LogP contribution in [0.5, 0.6) is 5.75 Å². The molecule has 35 heavy (non-hydrogen) atoms. The summed E-state index contributed by atoms with van der Waals surface area (Å²) in [6.45, 7) is 1.95.